The number of rotatable bonds is 4. The zero-order valence-corrected chi connectivity index (χ0v) is 12.8. The Morgan fingerprint density at radius 1 is 1.59 bits per heavy atom. The van der Waals surface area contributed by atoms with Gasteiger partial charge in [0, 0.05) is 26.2 Å². The van der Waals surface area contributed by atoms with Crippen molar-refractivity contribution in [3.05, 3.63) is 20.8 Å². The Labute approximate surface area is 115 Å². The molecule has 1 aliphatic heterocycles. The number of likely N-dealkylation sites (N-methyl/N-ethyl adjacent to an activating group) is 1. The van der Waals surface area contributed by atoms with E-state index in [1.165, 1.54) is 9.35 Å². The molecular weight excluding hydrogens is 300 g/mol. The molecule has 0 unspecified atom stereocenters. The molecule has 0 saturated carbocycles. The van der Waals surface area contributed by atoms with Gasteiger partial charge in [0.2, 0.25) is 0 Å². The molecular formula is C12H19BrN2OS. The molecule has 0 N–H and O–H groups in total. The first-order valence-electron chi connectivity index (χ1n) is 5.85. The van der Waals surface area contributed by atoms with Crippen LogP contribution in [0.5, 0.6) is 0 Å². The molecule has 0 spiro atoms. The lowest BCUT2D eigenvalue weighted by Crippen LogP contribution is -2.45. The SMILES string of the molecule is CN(C)C[C@@H]1CN(Cc2csc(Br)c2)CCO1. The van der Waals surface area contributed by atoms with E-state index in [1.54, 1.807) is 11.3 Å². The minimum Gasteiger partial charge on any atom is -0.374 e. The lowest BCUT2D eigenvalue weighted by molar-refractivity contribution is -0.0406. The molecule has 1 aromatic rings. The van der Waals surface area contributed by atoms with E-state index < -0.39 is 0 Å². The fourth-order valence-corrected chi connectivity index (χ4v) is 3.33. The third-order valence-electron chi connectivity index (χ3n) is 2.82. The first-order chi connectivity index (χ1) is 8.13. The highest BCUT2D eigenvalue weighted by Gasteiger charge is 2.21. The van der Waals surface area contributed by atoms with Gasteiger partial charge in [0.25, 0.3) is 0 Å². The van der Waals surface area contributed by atoms with Gasteiger partial charge >= 0.3 is 0 Å². The highest BCUT2D eigenvalue weighted by Crippen LogP contribution is 2.22. The largest absolute Gasteiger partial charge is 0.374 e. The van der Waals surface area contributed by atoms with Crippen molar-refractivity contribution in [2.75, 3.05) is 40.3 Å². The van der Waals surface area contributed by atoms with E-state index in [9.17, 15) is 0 Å². The number of halogens is 1. The van der Waals surface area contributed by atoms with Crippen molar-refractivity contribution in [3.63, 3.8) is 0 Å². The quantitative estimate of drug-likeness (QED) is 0.847. The minimum atomic E-state index is 0.348. The monoisotopic (exact) mass is 318 g/mol. The van der Waals surface area contributed by atoms with Crippen LogP contribution in [0.2, 0.25) is 0 Å². The molecule has 2 rings (SSSR count). The second-order valence-electron chi connectivity index (χ2n) is 4.75. The van der Waals surface area contributed by atoms with Crippen LogP contribution in [0.15, 0.2) is 15.2 Å². The van der Waals surface area contributed by atoms with Gasteiger partial charge < -0.3 is 9.64 Å². The average molecular weight is 319 g/mol. The summed E-state index contributed by atoms with van der Waals surface area (Å²) in [7, 11) is 4.19. The Morgan fingerprint density at radius 2 is 2.41 bits per heavy atom. The summed E-state index contributed by atoms with van der Waals surface area (Å²) in [6.07, 6.45) is 0.348. The van der Waals surface area contributed by atoms with Crippen molar-refractivity contribution >= 4 is 27.3 Å². The number of hydrogen-bond donors (Lipinski definition) is 0. The Balaban J connectivity index is 1.85. The van der Waals surface area contributed by atoms with Crippen LogP contribution in [0.3, 0.4) is 0 Å². The summed E-state index contributed by atoms with van der Waals surface area (Å²) in [5, 5.41) is 2.22. The summed E-state index contributed by atoms with van der Waals surface area (Å²) in [6.45, 7) is 4.96. The smallest absolute Gasteiger partial charge is 0.0829 e. The normalized spacial score (nSPS) is 22.2. The second-order valence-corrected chi connectivity index (χ2v) is 7.04. The van der Waals surface area contributed by atoms with Crippen LogP contribution in [0, 0.1) is 0 Å². The Kier molecular flexibility index (Phi) is 4.99. The van der Waals surface area contributed by atoms with Crippen LogP contribution < -0.4 is 0 Å². The molecule has 0 radical (unpaired) electrons. The first-order valence-corrected chi connectivity index (χ1v) is 7.52. The van der Waals surface area contributed by atoms with Gasteiger partial charge in [-0.15, -0.1) is 11.3 Å². The van der Waals surface area contributed by atoms with Crippen molar-refractivity contribution in [2.45, 2.75) is 12.6 Å². The van der Waals surface area contributed by atoms with Gasteiger partial charge in [-0.2, -0.15) is 0 Å². The van der Waals surface area contributed by atoms with Crippen molar-refractivity contribution < 1.29 is 4.74 Å². The van der Waals surface area contributed by atoms with Crippen LogP contribution in [0.1, 0.15) is 5.56 Å². The fourth-order valence-electron chi connectivity index (χ4n) is 2.13. The molecule has 1 atom stereocenters. The average Bonchev–Trinajstić information content (AvgIpc) is 2.63. The van der Waals surface area contributed by atoms with Gasteiger partial charge in [-0.3, -0.25) is 4.90 Å². The van der Waals surface area contributed by atoms with E-state index in [0.29, 0.717) is 6.10 Å². The maximum Gasteiger partial charge on any atom is 0.0829 e. The molecule has 1 fully saturated rings. The van der Waals surface area contributed by atoms with Crippen LogP contribution in [-0.2, 0) is 11.3 Å². The molecule has 1 aliphatic rings. The van der Waals surface area contributed by atoms with Crippen molar-refractivity contribution in [1.29, 1.82) is 0 Å². The first kappa shape index (κ1) is 13.5. The van der Waals surface area contributed by atoms with Gasteiger partial charge in [-0.25, -0.2) is 0 Å². The van der Waals surface area contributed by atoms with Crippen molar-refractivity contribution in [3.8, 4) is 0 Å². The second kappa shape index (κ2) is 6.29. The van der Waals surface area contributed by atoms with Gasteiger partial charge in [0.1, 0.15) is 0 Å². The van der Waals surface area contributed by atoms with E-state index in [-0.39, 0.29) is 0 Å². The summed E-state index contributed by atoms with van der Waals surface area (Å²) in [5.41, 5.74) is 1.40. The van der Waals surface area contributed by atoms with Crippen LogP contribution >= 0.6 is 27.3 Å². The Bertz CT molecular complexity index is 356. The van der Waals surface area contributed by atoms with Crippen LogP contribution in [0.4, 0.5) is 0 Å². The fraction of sp³-hybridized carbons (Fsp3) is 0.667. The summed E-state index contributed by atoms with van der Waals surface area (Å²) in [5.74, 6) is 0. The van der Waals surface area contributed by atoms with Crippen molar-refractivity contribution in [2.24, 2.45) is 0 Å². The summed E-state index contributed by atoms with van der Waals surface area (Å²) < 4.78 is 6.99. The molecule has 3 nitrogen and oxygen atoms in total. The summed E-state index contributed by atoms with van der Waals surface area (Å²) >= 11 is 5.27. The molecule has 1 aromatic heterocycles. The zero-order chi connectivity index (χ0) is 12.3. The molecule has 0 amide bonds. The number of ether oxygens (including phenoxy) is 1. The lowest BCUT2D eigenvalue weighted by Gasteiger charge is -2.34. The third kappa shape index (κ3) is 4.34. The van der Waals surface area contributed by atoms with Crippen LogP contribution in [0.25, 0.3) is 0 Å². The third-order valence-corrected chi connectivity index (χ3v) is 4.37. The molecule has 5 heteroatoms. The van der Waals surface area contributed by atoms with Gasteiger partial charge in [-0.05, 0) is 47.0 Å². The van der Waals surface area contributed by atoms with E-state index >= 15 is 0 Å². The maximum atomic E-state index is 5.77. The molecule has 2 heterocycles. The van der Waals surface area contributed by atoms with E-state index in [0.717, 1.165) is 32.8 Å². The van der Waals surface area contributed by atoms with Gasteiger partial charge in [0.05, 0.1) is 16.5 Å². The van der Waals surface area contributed by atoms with E-state index in [4.69, 9.17) is 4.74 Å². The standard InChI is InChI=1S/C12H19BrN2OS/c1-14(2)7-11-8-15(3-4-16-11)6-10-5-12(13)17-9-10/h5,9,11H,3-4,6-8H2,1-2H3/t11-/m1/s1. The predicted octanol–water partition coefficient (Wildman–Crippen LogP) is 2.27. The molecule has 96 valence electrons. The van der Waals surface area contributed by atoms with Crippen LogP contribution in [-0.4, -0.2) is 56.2 Å². The predicted molar refractivity (Wildman–Crippen MR) is 75.6 cm³/mol. The van der Waals surface area contributed by atoms with Gasteiger partial charge in [0.15, 0.2) is 0 Å². The topological polar surface area (TPSA) is 15.7 Å². The van der Waals surface area contributed by atoms with E-state index in [1.807, 2.05) is 0 Å². The zero-order valence-electron chi connectivity index (χ0n) is 10.4. The molecule has 0 aliphatic carbocycles. The van der Waals surface area contributed by atoms with Crippen molar-refractivity contribution in [1.82, 2.24) is 9.80 Å². The Hall–Kier alpha value is 0.0600. The number of hydrogen-bond acceptors (Lipinski definition) is 4. The summed E-state index contributed by atoms with van der Waals surface area (Å²) in [6, 6.07) is 2.21. The molecule has 0 bridgehead atoms. The lowest BCUT2D eigenvalue weighted by atomic mass is 10.2. The highest BCUT2D eigenvalue weighted by molar-refractivity contribution is 9.11. The highest BCUT2D eigenvalue weighted by atomic mass is 79.9. The molecule has 1 saturated heterocycles. The minimum absolute atomic E-state index is 0.348. The number of nitrogens with zero attached hydrogens (tertiary/aromatic N) is 2. The summed E-state index contributed by atoms with van der Waals surface area (Å²) in [4.78, 5) is 4.67. The number of thiophene rings is 1. The maximum absolute atomic E-state index is 5.77. The number of morpholine rings is 1. The molecule has 17 heavy (non-hydrogen) atoms. The molecule has 0 aromatic carbocycles. The van der Waals surface area contributed by atoms with Gasteiger partial charge in [-0.1, -0.05) is 0 Å². The Morgan fingerprint density at radius 3 is 3.06 bits per heavy atom. The van der Waals surface area contributed by atoms with E-state index in [2.05, 4.69) is 51.3 Å².